The molecule has 0 radical (unpaired) electrons. The first-order valence-electron chi connectivity index (χ1n) is 9.35. The first-order chi connectivity index (χ1) is 12.2. The highest BCUT2D eigenvalue weighted by atomic mass is 16.3. The molecule has 2 aliphatic rings. The molecule has 25 heavy (non-hydrogen) atoms. The minimum atomic E-state index is -0.0871. The van der Waals surface area contributed by atoms with Crippen LogP contribution in [0.1, 0.15) is 24.8 Å². The molecular formula is C20H29N3O2. The fourth-order valence-corrected chi connectivity index (χ4v) is 3.65. The summed E-state index contributed by atoms with van der Waals surface area (Å²) < 4.78 is 0. The number of carbonyl (C=O) groups is 1. The van der Waals surface area contributed by atoms with Crippen LogP contribution in [0.2, 0.25) is 0 Å². The zero-order valence-corrected chi connectivity index (χ0v) is 14.7. The summed E-state index contributed by atoms with van der Waals surface area (Å²) in [5, 5.41) is 15.2. The molecule has 1 aromatic rings. The number of aliphatic hydroxyl groups is 1. The van der Waals surface area contributed by atoms with E-state index in [1.165, 1.54) is 5.56 Å². The van der Waals surface area contributed by atoms with Crippen molar-refractivity contribution in [2.45, 2.75) is 37.8 Å². The lowest BCUT2D eigenvalue weighted by Crippen LogP contribution is -2.49. The predicted molar refractivity (Wildman–Crippen MR) is 99.4 cm³/mol. The number of amides is 2. The van der Waals surface area contributed by atoms with Gasteiger partial charge in [-0.15, -0.1) is 0 Å². The van der Waals surface area contributed by atoms with Gasteiger partial charge in [0.1, 0.15) is 0 Å². The molecule has 5 heteroatoms. The van der Waals surface area contributed by atoms with Gasteiger partial charge in [-0.25, -0.2) is 4.79 Å². The molecule has 1 aromatic carbocycles. The Kier molecular flexibility index (Phi) is 6.48. The maximum Gasteiger partial charge on any atom is 0.315 e. The maximum absolute atomic E-state index is 12.1. The molecule has 0 saturated carbocycles. The number of aliphatic hydroxyl groups excluding tert-OH is 1. The van der Waals surface area contributed by atoms with Crippen molar-refractivity contribution < 1.29 is 9.90 Å². The monoisotopic (exact) mass is 343 g/mol. The number of urea groups is 1. The summed E-state index contributed by atoms with van der Waals surface area (Å²) in [4.78, 5) is 14.6. The molecule has 136 valence electrons. The fourth-order valence-electron chi connectivity index (χ4n) is 3.65. The Balaban J connectivity index is 1.32. The van der Waals surface area contributed by atoms with Crippen molar-refractivity contribution in [3.63, 3.8) is 0 Å². The SMILES string of the molecule is O=C(NC1CCN(CCc2ccccc2)CC1)N[C@@H]1C=C[C@H](CO)C1. The van der Waals surface area contributed by atoms with Crippen LogP contribution in [0.5, 0.6) is 0 Å². The van der Waals surface area contributed by atoms with E-state index in [9.17, 15) is 4.79 Å². The lowest BCUT2D eigenvalue weighted by molar-refractivity contribution is 0.192. The zero-order chi connectivity index (χ0) is 17.5. The Morgan fingerprint density at radius 3 is 2.56 bits per heavy atom. The van der Waals surface area contributed by atoms with Gasteiger partial charge in [-0.2, -0.15) is 0 Å². The third-order valence-electron chi connectivity index (χ3n) is 5.21. The molecular weight excluding hydrogens is 314 g/mol. The molecule has 0 unspecified atom stereocenters. The lowest BCUT2D eigenvalue weighted by Gasteiger charge is -2.32. The van der Waals surface area contributed by atoms with Crippen LogP contribution in [-0.4, -0.2) is 54.4 Å². The summed E-state index contributed by atoms with van der Waals surface area (Å²) >= 11 is 0. The van der Waals surface area contributed by atoms with Crippen LogP contribution in [0, 0.1) is 5.92 Å². The minimum absolute atomic E-state index is 0.0445. The number of likely N-dealkylation sites (tertiary alicyclic amines) is 1. The second-order valence-corrected chi connectivity index (χ2v) is 7.14. The van der Waals surface area contributed by atoms with E-state index in [0.29, 0.717) is 0 Å². The molecule has 1 aliphatic carbocycles. The van der Waals surface area contributed by atoms with Crippen LogP contribution in [0.3, 0.4) is 0 Å². The van der Waals surface area contributed by atoms with Crippen molar-refractivity contribution in [2.75, 3.05) is 26.2 Å². The molecule has 1 heterocycles. The van der Waals surface area contributed by atoms with Crippen molar-refractivity contribution in [1.29, 1.82) is 0 Å². The van der Waals surface area contributed by atoms with Gasteiger partial charge in [-0.1, -0.05) is 42.5 Å². The molecule has 3 rings (SSSR count). The summed E-state index contributed by atoms with van der Waals surface area (Å²) in [6.45, 7) is 3.30. The van der Waals surface area contributed by atoms with E-state index in [1.807, 2.05) is 12.2 Å². The average molecular weight is 343 g/mol. The third-order valence-corrected chi connectivity index (χ3v) is 5.21. The molecule has 0 aromatic heterocycles. The minimum Gasteiger partial charge on any atom is -0.396 e. The topological polar surface area (TPSA) is 64.6 Å². The van der Waals surface area contributed by atoms with Crippen molar-refractivity contribution in [3.05, 3.63) is 48.0 Å². The third kappa shape index (κ3) is 5.58. The number of rotatable bonds is 6. The van der Waals surface area contributed by atoms with Crippen LogP contribution >= 0.6 is 0 Å². The predicted octanol–water partition coefficient (Wildman–Crippen LogP) is 1.93. The fraction of sp³-hybridized carbons (Fsp3) is 0.550. The van der Waals surface area contributed by atoms with E-state index in [2.05, 4.69) is 45.9 Å². The van der Waals surface area contributed by atoms with E-state index in [-0.39, 0.29) is 30.6 Å². The Labute approximate surface area is 150 Å². The molecule has 2 amide bonds. The van der Waals surface area contributed by atoms with Gasteiger partial charge in [-0.3, -0.25) is 0 Å². The van der Waals surface area contributed by atoms with E-state index in [0.717, 1.165) is 45.3 Å². The highest BCUT2D eigenvalue weighted by Crippen LogP contribution is 2.17. The quantitative estimate of drug-likeness (QED) is 0.692. The summed E-state index contributed by atoms with van der Waals surface area (Å²) in [6, 6.07) is 10.8. The standard InChI is InChI=1S/C20H29N3O2/c24-15-17-6-7-19(14-17)22-20(25)21-18-9-12-23(13-10-18)11-8-16-4-2-1-3-5-16/h1-7,17-19,24H,8-15H2,(H2,21,22,25)/t17-,19+/m0/s1. The van der Waals surface area contributed by atoms with Gasteiger partial charge < -0.3 is 20.6 Å². The number of hydrogen-bond donors (Lipinski definition) is 3. The number of piperidine rings is 1. The number of carbonyl (C=O) groups excluding carboxylic acids is 1. The lowest BCUT2D eigenvalue weighted by atomic mass is 10.0. The van der Waals surface area contributed by atoms with E-state index < -0.39 is 0 Å². The zero-order valence-electron chi connectivity index (χ0n) is 14.7. The summed E-state index contributed by atoms with van der Waals surface area (Å²) in [7, 11) is 0. The van der Waals surface area contributed by atoms with E-state index in [1.54, 1.807) is 0 Å². The van der Waals surface area contributed by atoms with Crippen molar-refractivity contribution >= 4 is 6.03 Å². The van der Waals surface area contributed by atoms with Crippen LogP contribution in [-0.2, 0) is 6.42 Å². The Hall–Kier alpha value is -1.85. The number of nitrogens with zero attached hydrogens (tertiary/aromatic N) is 1. The number of benzene rings is 1. The average Bonchev–Trinajstić information content (AvgIpc) is 3.09. The Bertz CT molecular complexity index is 568. The van der Waals surface area contributed by atoms with E-state index >= 15 is 0 Å². The van der Waals surface area contributed by atoms with Crippen molar-refractivity contribution in [3.8, 4) is 0 Å². The van der Waals surface area contributed by atoms with Gasteiger partial charge in [0.05, 0.1) is 0 Å². The van der Waals surface area contributed by atoms with Gasteiger partial charge in [0.15, 0.2) is 0 Å². The summed E-state index contributed by atoms with van der Waals surface area (Å²) in [5.74, 6) is 0.179. The summed E-state index contributed by atoms with van der Waals surface area (Å²) in [5.41, 5.74) is 1.38. The molecule has 1 aliphatic heterocycles. The van der Waals surface area contributed by atoms with Crippen LogP contribution in [0.4, 0.5) is 4.79 Å². The second-order valence-electron chi connectivity index (χ2n) is 7.14. The van der Waals surface area contributed by atoms with Gasteiger partial charge >= 0.3 is 6.03 Å². The molecule has 0 spiro atoms. The molecule has 3 N–H and O–H groups in total. The summed E-state index contributed by atoms with van der Waals surface area (Å²) in [6.07, 6.45) is 7.84. The maximum atomic E-state index is 12.1. The normalized spacial score (nSPS) is 24.4. The molecule has 0 bridgehead atoms. The van der Waals surface area contributed by atoms with Gasteiger partial charge in [0, 0.05) is 44.2 Å². The first kappa shape index (κ1) is 18.0. The molecule has 5 nitrogen and oxygen atoms in total. The van der Waals surface area contributed by atoms with Crippen LogP contribution in [0.15, 0.2) is 42.5 Å². The largest absolute Gasteiger partial charge is 0.396 e. The first-order valence-corrected chi connectivity index (χ1v) is 9.35. The van der Waals surface area contributed by atoms with Crippen molar-refractivity contribution in [1.82, 2.24) is 15.5 Å². The second kappa shape index (κ2) is 9.02. The van der Waals surface area contributed by atoms with Gasteiger partial charge in [0.2, 0.25) is 0 Å². The Morgan fingerprint density at radius 2 is 1.88 bits per heavy atom. The van der Waals surface area contributed by atoms with Crippen LogP contribution < -0.4 is 10.6 Å². The van der Waals surface area contributed by atoms with Gasteiger partial charge in [-0.05, 0) is 31.2 Å². The number of nitrogens with one attached hydrogen (secondary N) is 2. The van der Waals surface area contributed by atoms with Crippen molar-refractivity contribution in [2.24, 2.45) is 5.92 Å². The molecule has 1 fully saturated rings. The highest BCUT2D eigenvalue weighted by Gasteiger charge is 2.23. The van der Waals surface area contributed by atoms with Crippen LogP contribution in [0.25, 0.3) is 0 Å². The number of hydrogen-bond acceptors (Lipinski definition) is 3. The smallest absolute Gasteiger partial charge is 0.315 e. The molecule has 2 atom stereocenters. The Morgan fingerprint density at radius 1 is 1.12 bits per heavy atom. The highest BCUT2D eigenvalue weighted by molar-refractivity contribution is 5.74. The van der Waals surface area contributed by atoms with E-state index in [4.69, 9.17) is 5.11 Å². The molecule has 1 saturated heterocycles. The van der Waals surface area contributed by atoms with Gasteiger partial charge in [0.25, 0.3) is 0 Å².